The van der Waals surface area contributed by atoms with E-state index in [0.29, 0.717) is 0 Å². The fraction of sp³-hybridized carbons (Fsp3) is 0.962. The third-order valence-electron chi connectivity index (χ3n) is 12.7. The Hall–Kier alpha value is -1.04. The van der Waals surface area contributed by atoms with Crippen LogP contribution in [0, 0.1) is 6.57 Å². The van der Waals surface area contributed by atoms with Gasteiger partial charge in [0.1, 0.15) is 0 Å². The van der Waals surface area contributed by atoms with Gasteiger partial charge in [-0.15, -0.1) is 0 Å². The van der Waals surface area contributed by atoms with Crippen molar-refractivity contribution < 1.29 is 4.79 Å². The van der Waals surface area contributed by atoms with Crippen molar-refractivity contribution in [2.45, 2.75) is 309 Å². The van der Waals surface area contributed by atoms with E-state index >= 15 is 0 Å². The van der Waals surface area contributed by atoms with Crippen LogP contribution in [0.4, 0.5) is 0 Å². The van der Waals surface area contributed by atoms with Crippen LogP contribution in [-0.4, -0.2) is 30.9 Å². The molecule has 332 valence electrons. The highest BCUT2D eigenvalue weighted by atomic mass is 16.2. The molecule has 0 aliphatic rings. The van der Waals surface area contributed by atoms with E-state index in [1.807, 2.05) is 7.05 Å². The molecule has 56 heavy (non-hydrogen) atoms. The summed E-state index contributed by atoms with van der Waals surface area (Å²) in [5, 5.41) is 0. The lowest BCUT2D eigenvalue weighted by Gasteiger charge is -2.13. The van der Waals surface area contributed by atoms with E-state index in [1.54, 1.807) is 4.90 Å². The summed E-state index contributed by atoms with van der Waals surface area (Å²) in [5.41, 5.74) is 0. The zero-order valence-corrected chi connectivity index (χ0v) is 39.0. The second-order valence-electron chi connectivity index (χ2n) is 18.4. The molecule has 0 fully saturated rings. The number of carbonyl (C=O) groups excluding carboxylic acids is 1. The first-order valence-electron chi connectivity index (χ1n) is 26.3. The summed E-state index contributed by atoms with van der Waals surface area (Å²) in [5.74, 6) is 0.0230. The zero-order chi connectivity index (χ0) is 40.5. The second kappa shape index (κ2) is 50.1. The Balaban J connectivity index is 3.09. The van der Waals surface area contributed by atoms with Gasteiger partial charge in [0.15, 0.2) is 0 Å². The maximum atomic E-state index is 11.6. The molecule has 3 heteroatoms. The number of unbranched alkanes of at least 4 members (excludes halogenated alkanes) is 46. The van der Waals surface area contributed by atoms with E-state index in [0.717, 1.165) is 13.0 Å². The molecule has 0 saturated carbocycles. The van der Waals surface area contributed by atoms with Gasteiger partial charge in [-0.05, 0) is 6.42 Å². The molecule has 0 bridgehead atoms. The molecule has 0 spiro atoms. The van der Waals surface area contributed by atoms with Gasteiger partial charge in [0, 0.05) is 13.6 Å². The summed E-state index contributed by atoms with van der Waals surface area (Å²) in [4.78, 5) is 16.8. The third-order valence-corrected chi connectivity index (χ3v) is 12.7. The number of likely N-dealkylation sites (N-methyl/N-ethyl adjacent to an activating group) is 1. The molecule has 0 N–H and O–H groups in total. The van der Waals surface area contributed by atoms with Crippen LogP contribution < -0.4 is 0 Å². The first-order valence-corrected chi connectivity index (χ1v) is 26.3. The molecule has 0 aliphatic carbocycles. The number of hydrogen-bond acceptors (Lipinski definition) is 1. The van der Waals surface area contributed by atoms with Gasteiger partial charge < -0.3 is 4.90 Å². The summed E-state index contributed by atoms with van der Waals surface area (Å²) in [6.07, 6.45) is 68.1. The highest BCUT2D eigenvalue weighted by Gasteiger charge is 2.11. The smallest absolute Gasteiger partial charge is 0.339 e. The van der Waals surface area contributed by atoms with Crippen molar-refractivity contribution in [2.75, 3.05) is 20.1 Å². The van der Waals surface area contributed by atoms with Crippen molar-refractivity contribution in [3.8, 4) is 6.57 Å². The highest BCUT2D eigenvalue weighted by molar-refractivity contribution is 5.79. The van der Waals surface area contributed by atoms with Crippen molar-refractivity contribution in [3.63, 3.8) is 0 Å². The first kappa shape index (κ1) is 55.0. The molecular formula is C53H105N2O+. The van der Waals surface area contributed by atoms with Crippen LogP contribution >= 0.6 is 0 Å². The van der Waals surface area contributed by atoms with Crippen LogP contribution in [0.5, 0.6) is 0 Å². The number of hydrogen-bond donors (Lipinski definition) is 0. The molecule has 0 saturated heterocycles. The Labute approximate surface area is 354 Å². The molecule has 3 nitrogen and oxygen atoms in total. The summed E-state index contributed by atoms with van der Waals surface area (Å²) in [6, 6.07) is 0. The van der Waals surface area contributed by atoms with Crippen LogP contribution in [0.1, 0.15) is 309 Å². The highest BCUT2D eigenvalue weighted by Crippen LogP contribution is 2.18. The lowest BCUT2D eigenvalue weighted by Crippen LogP contribution is -2.29. The second-order valence-corrected chi connectivity index (χ2v) is 18.4. The van der Waals surface area contributed by atoms with Gasteiger partial charge in [0.25, 0.3) is 6.57 Å². The van der Waals surface area contributed by atoms with Gasteiger partial charge in [-0.1, -0.05) is 307 Å². The standard InChI is InChI=1S/C53H105N2O/c1-4-5-6-7-8-9-10-11-12-13-14-15-16-17-18-19-20-21-22-23-24-25-26-27-28-29-30-31-32-33-34-35-36-37-38-39-40-41-42-43-44-45-46-47-48-49-50-51-55(3)53(56)52-54-2/h2H,4-52H2,1,3H3/q+1. The van der Waals surface area contributed by atoms with Gasteiger partial charge in [0.05, 0.1) is 0 Å². The minimum atomic E-state index is 0.0230. The fourth-order valence-electron chi connectivity index (χ4n) is 8.70. The van der Waals surface area contributed by atoms with Crippen LogP contribution in [0.2, 0.25) is 0 Å². The van der Waals surface area contributed by atoms with Crippen molar-refractivity contribution in [1.29, 1.82) is 0 Å². The lowest BCUT2D eigenvalue weighted by molar-refractivity contribution is -0.127. The van der Waals surface area contributed by atoms with E-state index in [9.17, 15) is 4.79 Å². The van der Waals surface area contributed by atoms with Crippen LogP contribution in [0.15, 0.2) is 0 Å². The quantitative estimate of drug-likeness (QED) is 0.0564. The van der Waals surface area contributed by atoms with Crippen molar-refractivity contribution in [3.05, 3.63) is 4.85 Å². The normalized spacial score (nSPS) is 11.4. The SMILES string of the molecule is C#[N+]CC(=O)N(C)CCCCCCCCCCCCCCCCCCCCCCCCCCCCCCCCCCCCCCCCCCCCCCCCC. The topological polar surface area (TPSA) is 24.7 Å². The first-order chi connectivity index (χ1) is 27.7. The fourth-order valence-corrected chi connectivity index (χ4v) is 8.70. The van der Waals surface area contributed by atoms with Crippen LogP contribution in [0.3, 0.4) is 0 Å². The molecule has 0 aliphatic heterocycles. The van der Waals surface area contributed by atoms with Gasteiger partial charge in [0.2, 0.25) is 0 Å². The molecule has 0 unspecified atom stereocenters. The minimum Gasteiger partial charge on any atom is -0.339 e. The Bertz CT molecular complexity index is 774. The predicted molar refractivity (Wildman–Crippen MR) is 253 cm³/mol. The largest absolute Gasteiger partial charge is 0.339 e. The van der Waals surface area contributed by atoms with E-state index in [2.05, 4.69) is 11.8 Å². The summed E-state index contributed by atoms with van der Waals surface area (Å²) >= 11 is 0. The molecule has 0 radical (unpaired) electrons. The Morgan fingerprint density at radius 3 is 0.643 bits per heavy atom. The van der Waals surface area contributed by atoms with Gasteiger partial charge in [-0.3, -0.25) is 4.79 Å². The maximum absolute atomic E-state index is 11.6. The molecule has 0 heterocycles. The van der Waals surface area contributed by atoms with Crippen LogP contribution in [-0.2, 0) is 4.79 Å². The minimum absolute atomic E-state index is 0.0230. The van der Waals surface area contributed by atoms with Crippen molar-refractivity contribution in [2.24, 2.45) is 0 Å². The summed E-state index contributed by atoms with van der Waals surface area (Å²) in [6.45, 7) is 8.34. The predicted octanol–water partition coefficient (Wildman–Crippen LogP) is 18.8. The number of amides is 1. The summed E-state index contributed by atoms with van der Waals surface area (Å²) < 4.78 is 0. The van der Waals surface area contributed by atoms with Crippen molar-refractivity contribution >= 4 is 5.91 Å². The number of nitrogens with zero attached hydrogens (tertiary/aromatic N) is 2. The zero-order valence-electron chi connectivity index (χ0n) is 39.0. The average molecular weight is 786 g/mol. The van der Waals surface area contributed by atoms with Crippen LogP contribution in [0.25, 0.3) is 4.85 Å². The molecule has 0 atom stereocenters. The third kappa shape index (κ3) is 47.3. The Morgan fingerprint density at radius 2 is 0.482 bits per heavy atom. The van der Waals surface area contributed by atoms with Gasteiger partial charge >= 0.3 is 12.5 Å². The van der Waals surface area contributed by atoms with E-state index in [-0.39, 0.29) is 12.5 Å². The number of carbonyl (C=O) groups is 1. The molecule has 0 rings (SSSR count). The van der Waals surface area contributed by atoms with E-state index < -0.39 is 0 Å². The van der Waals surface area contributed by atoms with Gasteiger partial charge in [-0.25, -0.2) is 0 Å². The number of rotatable bonds is 49. The monoisotopic (exact) mass is 786 g/mol. The molecule has 1 amide bonds. The maximum Gasteiger partial charge on any atom is 0.339 e. The van der Waals surface area contributed by atoms with E-state index in [4.69, 9.17) is 6.57 Å². The molecular weight excluding hydrogens is 681 g/mol. The lowest BCUT2D eigenvalue weighted by atomic mass is 10.0. The molecule has 0 aromatic carbocycles. The summed E-state index contributed by atoms with van der Waals surface area (Å²) in [7, 11) is 1.85. The average Bonchev–Trinajstić information content (AvgIpc) is 3.20. The molecule has 0 aromatic heterocycles. The van der Waals surface area contributed by atoms with Gasteiger partial charge in [-0.2, -0.15) is 0 Å². The Morgan fingerprint density at radius 1 is 0.321 bits per heavy atom. The van der Waals surface area contributed by atoms with E-state index in [1.165, 1.54) is 295 Å². The van der Waals surface area contributed by atoms with Crippen molar-refractivity contribution in [1.82, 2.24) is 4.90 Å². The molecule has 0 aromatic rings. The Kier molecular flexibility index (Phi) is 49.2.